The minimum Gasteiger partial charge on any atom is -0.322 e. The Bertz CT molecular complexity index is 436. The monoisotopic (exact) mass is 271 g/mol. The molecular formula is C11H11Cl2N3O. The molecule has 1 atom stereocenters. The third-order valence-corrected chi connectivity index (χ3v) is 2.43. The second-order valence-corrected chi connectivity index (χ2v) is 4.22. The topological polar surface area (TPSA) is 64.9 Å². The Morgan fingerprint density at radius 2 is 2.00 bits per heavy atom. The average molecular weight is 272 g/mol. The molecule has 2 amide bonds. The Hall–Kier alpha value is -1.44. The molecule has 0 aromatic heterocycles. The third kappa shape index (κ3) is 4.51. The zero-order chi connectivity index (χ0) is 12.8. The Morgan fingerprint density at radius 1 is 1.41 bits per heavy atom. The summed E-state index contributed by atoms with van der Waals surface area (Å²) in [4.78, 5) is 11.5. The smallest absolute Gasteiger partial charge is 0.320 e. The molecule has 0 bridgehead atoms. The van der Waals surface area contributed by atoms with E-state index in [0.717, 1.165) is 0 Å². The Balaban J connectivity index is 2.65. The van der Waals surface area contributed by atoms with Gasteiger partial charge in [0.1, 0.15) is 6.04 Å². The van der Waals surface area contributed by atoms with Gasteiger partial charge in [0.05, 0.1) is 6.07 Å². The summed E-state index contributed by atoms with van der Waals surface area (Å²) in [6, 6.07) is 5.70. The number of rotatable bonds is 3. The average Bonchev–Trinajstić information content (AvgIpc) is 2.24. The largest absolute Gasteiger partial charge is 0.322 e. The van der Waals surface area contributed by atoms with E-state index in [9.17, 15) is 4.79 Å². The second kappa shape index (κ2) is 6.33. The summed E-state index contributed by atoms with van der Waals surface area (Å²) in [7, 11) is 0. The SMILES string of the molecule is CCC(C#N)NC(=O)Nc1cc(Cl)cc(Cl)c1. The van der Waals surface area contributed by atoms with Crippen molar-refractivity contribution in [3.05, 3.63) is 28.2 Å². The van der Waals surface area contributed by atoms with Crippen molar-refractivity contribution >= 4 is 34.9 Å². The predicted molar refractivity (Wildman–Crippen MR) is 68.3 cm³/mol. The van der Waals surface area contributed by atoms with Gasteiger partial charge >= 0.3 is 6.03 Å². The lowest BCUT2D eigenvalue weighted by molar-refractivity contribution is 0.250. The van der Waals surface area contributed by atoms with Gasteiger partial charge in [-0.3, -0.25) is 0 Å². The van der Waals surface area contributed by atoms with Gasteiger partial charge in [-0.05, 0) is 24.6 Å². The van der Waals surface area contributed by atoms with Gasteiger partial charge in [-0.25, -0.2) is 4.79 Å². The first-order valence-electron chi connectivity index (χ1n) is 4.98. The van der Waals surface area contributed by atoms with E-state index >= 15 is 0 Å². The number of benzene rings is 1. The van der Waals surface area contributed by atoms with Gasteiger partial charge in [-0.1, -0.05) is 30.1 Å². The molecular weight excluding hydrogens is 261 g/mol. The maximum Gasteiger partial charge on any atom is 0.320 e. The Labute approximate surface area is 110 Å². The van der Waals surface area contributed by atoms with Crippen LogP contribution >= 0.6 is 23.2 Å². The maximum absolute atomic E-state index is 11.5. The lowest BCUT2D eigenvalue weighted by atomic mass is 10.2. The standard InChI is InChI=1S/C11H11Cl2N3O/c1-2-9(6-14)15-11(17)16-10-4-7(12)3-8(13)5-10/h3-5,9H,2H2,1H3,(H2,15,16,17). The van der Waals surface area contributed by atoms with Crippen LogP contribution in [0.1, 0.15) is 13.3 Å². The van der Waals surface area contributed by atoms with E-state index in [4.69, 9.17) is 28.5 Å². The molecule has 0 aliphatic heterocycles. The van der Waals surface area contributed by atoms with Crippen LogP contribution < -0.4 is 10.6 Å². The molecule has 0 radical (unpaired) electrons. The zero-order valence-corrected chi connectivity index (χ0v) is 10.6. The fourth-order valence-corrected chi connectivity index (χ4v) is 1.70. The molecule has 17 heavy (non-hydrogen) atoms. The van der Waals surface area contributed by atoms with Crippen LogP contribution in [0.25, 0.3) is 0 Å². The van der Waals surface area contributed by atoms with Gasteiger partial charge in [0.15, 0.2) is 0 Å². The molecule has 0 spiro atoms. The lowest BCUT2D eigenvalue weighted by Gasteiger charge is -2.11. The molecule has 0 heterocycles. The van der Waals surface area contributed by atoms with Gasteiger partial charge in [0, 0.05) is 15.7 Å². The summed E-state index contributed by atoms with van der Waals surface area (Å²) in [5.74, 6) is 0. The number of urea groups is 1. The summed E-state index contributed by atoms with van der Waals surface area (Å²) in [5, 5.41) is 14.6. The lowest BCUT2D eigenvalue weighted by Crippen LogP contribution is -2.36. The minimum absolute atomic E-state index is 0.431. The van der Waals surface area contributed by atoms with Crippen LogP contribution in [0.3, 0.4) is 0 Å². The number of anilines is 1. The molecule has 1 unspecified atom stereocenters. The van der Waals surface area contributed by atoms with Crippen molar-refractivity contribution in [2.75, 3.05) is 5.32 Å². The van der Waals surface area contributed by atoms with E-state index < -0.39 is 12.1 Å². The molecule has 0 fully saturated rings. The molecule has 4 nitrogen and oxygen atoms in total. The van der Waals surface area contributed by atoms with Crippen LogP contribution in [0.4, 0.5) is 10.5 Å². The number of carbonyl (C=O) groups excluding carboxylic acids is 1. The first-order valence-corrected chi connectivity index (χ1v) is 5.74. The molecule has 90 valence electrons. The highest BCUT2D eigenvalue weighted by Crippen LogP contribution is 2.22. The van der Waals surface area contributed by atoms with Crippen LogP contribution in [0, 0.1) is 11.3 Å². The molecule has 6 heteroatoms. The van der Waals surface area contributed by atoms with Gasteiger partial charge in [-0.2, -0.15) is 5.26 Å². The number of amides is 2. The highest BCUT2D eigenvalue weighted by molar-refractivity contribution is 6.35. The molecule has 0 aliphatic carbocycles. The van der Waals surface area contributed by atoms with E-state index in [0.29, 0.717) is 22.2 Å². The number of hydrogen-bond donors (Lipinski definition) is 2. The van der Waals surface area contributed by atoms with Gasteiger partial charge in [-0.15, -0.1) is 0 Å². The van der Waals surface area contributed by atoms with Crippen molar-refractivity contribution in [2.24, 2.45) is 0 Å². The zero-order valence-electron chi connectivity index (χ0n) is 9.13. The summed E-state index contributed by atoms with van der Waals surface area (Å²) >= 11 is 11.6. The minimum atomic E-state index is -0.510. The number of nitriles is 1. The summed E-state index contributed by atoms with van der Waals surface area (Å²) < 4.78 is 0. The van der Waals surface area contributed by atoms with Crippen LogP contribution in [-0.2, 0) is 0 Å². The molecule has 0 saturated carbocycles. The van der Waals surface area contributed by atoms with E-state index in [-0.39, 0.29) is 0 Å². The molecule has 1 aromatic carbocycles. The maximum atomic E-state index is 11.5. The van der Waals surface area contributed by atoms with Crippen molar-refractivity contribution in [3.8, 4) is 6.07 Å². The number of hydrogen-bond acceptors (Lipinski definition) is 2. The van der Waals surface area contributed by atoms with E-state index in [1.165, 1.54) is 0 Å². The van der Waals surface area contributed by atoms with Crippen molar-refractivity contribution < 1.29 is 4.79 Å². The van der Waals surface area contributed by atoms with Crippen LogP contribution in [-0.4, -0.2) is 12.1 Å². The molecule has 2 N–H and O–H groups in total. The Morgan fingerprint density at radius 3 is 2.47 bits per heavy atom. The number of carbonyl (C=O) groups is 1. The van der Waals surface area contributed by atoms with E-state index in [1.54, 1.807) is 18.2 Å². The van der Waals surface area contributed by atoms with Crippen LogP contribution in [0.15, 0.2) is 18.2 Å². The van der Waals surface area contributed by atoms with Crippen molar-refractivity contribution in [3.63, 3.8) is 0 Å². The quantitative estimate of drug-likeness (QED) is 0.885. The number of halogens is 2. The molecule has 0 saturated heterocycles. The van der Waals surface area contributed by atoms with Crippen molar-refractivity contribution in [1.29, 1.82) is 5.26 Å². The third-order valence-electron chi connectivity index (χ3n) is 1.99. The highest BCUT2D eigenvalue weighted by atomic mass is 35.5. The highest BCUT2D eigenvalue weighted by Gasteiger charge is 2.09. The summed E-state index contributed by atoms with van der Waals surface area (Å²) in [5.41, 5.74) is 0.479. The number of nitrogens with zero attached hydrogens (tertiary/aromatic N) is 1. The number of nitrogens with one attached hydrogen (secondary N) is 2. The molecule has 1 aromatic rings. The molecule has 1 rings (SSSR count). The normalized spacial score (nSPS) is 11.4. The van der Waals surface area contributed by atoms with Crippen molar-refractivity contribution in [2.45, 2.75) is 19.4 Å². The van der Waals surface area contributed by atoms with Crippen LogP contribution in [0.2, 0.25) is 10.0 Å². The molecule has 0 aliphatic rings. The summed E-state index contributed by atoms with van der Waals surface area (Å²) in [6.07, 6.45) is 0.542. The fourth-order valence-electron chi connectivity index (χ4n) is 1.18. The first-order chi connectivity index (χ1) is 8.05. The first kappa shape index (κ1) is 13.6. The van der Waals surface area contributed by atoms with Gasteiger partial charge in [0.2, 0.25) is 0 Å². The fraction of sp³-hybridized carbons (Fsp3) is 0.273. The van der Waals surface area contributed by atoms with Crippen molar-refractivity contribution in [1.82, 2.24) is 5.32 Å². The predicted octanol–water partition coefficient (Wildman–Crippen LogP) is 3.42. The second-order valence-electron chi connectivity index (χ2n) is 3.35. The van der Waals surface area contributed by atoms with Crippen LogP contribution in [0.5, 0.6) is 0 Å². The van der Waals surface area contributed by atoms with Gasteiger partial charge < -0.3 is 10.6 Å². The Kier molecular flexibility index (Phi) is 5.08. The van der Waals surface area contributed by atoms with E-state index in [1.807, 2.05) is 13.0 Å². The van der Waals surface area contributed by atoms with Gasteiger partial charge in [0.25, 0.3) is 0 Å². The summed E-state index contributed by atoms with van der Waals surface area (Å²) in [6.45, 7) is 1.81. The van der Waals surface area contributed by atoms with E-state index in [2.05, 4.69) is 10.6 Å².